The van der Waals surface area contributed by atoms with E-state index in [0.717, 1.165) is 44.0 Å². The number of carbonyl (C=O) groups excluding carboxylic acids is 1. The van der Waals surface area contributed by atoms with Gasteiger partial charge in [-0.1, -0.05) is 11.3 Å². The Bertz CT molecular complexity index is 1020. The standard InChI is InChI=1S/C21H27N3O3S/c1-7-24-16-9-8-15(12(2)19(16)22-23-24)18(21(4,5)20(26)27-6)17-10-14(11-25)13(3)28-17/h8-10,18,25H,7,11H2,1-6H3. The first-order valence-corrected chi connectivity index (χ1v) is 10.2. The maximum atomic E-state index is 12.7. The van der Waals surface area contributed by atoms with E-state index in [-0.39, 0.29) is 18.5 Å². The van der Waals surface area contributed by atoms with Crippen molar-refractivity contribution in [2.24, 2.45) is 5.41 Å². The van der Waals surface area contributed by atoms with Crippen LogP contribution in [0.5, 0.6) is 0 Å². The van der Waals surface area contributed by atoms with Gasteiger partial charge in [-0.05, 0) is 63.4 Å². The number of aryl methyl sites for hydroxylation is 3. The maximum absolute atomic E-state index is 12.7. The minimum Gasteiger partial charge on any atom is -0.469 e. The molecule has 1 N–H and O–H groups in total. The average molecular weight is 402 g/mol. The number of aliphatic hydroxyl groups excluding tert-OH is 1. The van der Waals surface area contributed by atoms with Gasteiger partial charge in [0.2, 0.25) is 0 Å². The first kappa shape index (κ1) is 20.5. The van der Waals surface area contributed by atoms with Crippen LogP contribution in [0.25, 0.3) is 11.0 Å². The Hall–Kier alpha value is -2.25. The van der Waals surface area contributed by atoms with Gasteiger partial charge in [0, 0.05) is 22.2 Å². The number of hydrogen-bond acceptors (Lipinski definition) is 6. The van der Waals surface area contributed by atoms with Gasteiger partial charge in [0.15, 0.2) is 0 Å². The van der Waals surface area contributed by atoms with E-state index in [1.807, 2.05) is 51.4 Å². The Kier molecular flexibility index (Phi) is 5.59. The van der Waals surface area contributed by atoms with Gasteiger partial charge in [-0.3, -0.25) is 4.79 Å². The lowest BCUT2D eigenvalue weighted by Gasteiger charge is -2.32. The number of hydrogen-bond donors (Lipinski definition) is 1. The van der Waals surface area contributed by atoms with Gasteiger partial charge in [0.05, 0.1) is 24.6 Å². The van der Waals surface area contributed by atoms with Crippen molar-refractivity contribution < 1.29 is 14.6 Å². The molecule has 28 heavy (non-hydrogen) atoms. The van der Waals surface area contributed by atoms with Gasteiger partial charge in [-0.15, -0.1) is 16.4 Å². The number of aromatic nitrogens is 3. The summed E-state index contributed by atoms with van der Waals surface area (Å²) < 4.78 is 7.00. The van der Waals surface area contributed by atoms with E-state index >= 15 is 0 Å². The van der Waals surface area contributed by atoms with Gasteiger partial charge in [-0.25, -0.2) is 4.68 Å². The fourth-order valence-electron chi connectivity index (χ4n) is 3.85. The Labute approximate surface area is 169 Å². The predicted molar refractivity (Wildman–Crippen MR) is 111 cm³/mol. The molecule has 6 nitrogen and oxygen atoms in total. The van der Waals surface area contributed by atoms with Crippen LogP contribution in [0, 0.1) is 19.3 Å². The Morgan fingerprint density at radius 3 is 2.64 bits per heavy atom. The van der Waals surface area contributed by atoms with Gasteiger partial charge in [-0.2, -0.15) is 0 Å². The number of fused-ring (bicyclic) bond motifs is 1. The van der Waals surface area contributed by atoms with Crippen molar-refractivity contribution in [3.05, 3.63) is 44.6 Å². The topological polar surface area (TPSA) is 77.2 Å². The lowest BCUT2D eigenvalue weighted by atomic mass is 9.72. The van der Waals surface area contributed by atoms with Crippen LogP contribution in [-0.2, 0) is 22.7 Å². The molecule has 1 aromatic carbocycles. The summed E-state index contributed by atoms with van der Waals surface area (Å²) in [5.41, 5.74) is 3.96. The minimum absolute atomic E-state index is 0.0173. The minimum atomic E-state index is -0.794. The molecule has 2 aromatic heterocycles. The Morgan fingerprint density at radius 2 is 2.07 bits per heavy atom. The van der Waals surface area contributed by atoms with E-state index in [1.54, 1.807) is 11.3 Å². The highest BCUT2D eigenvalue weighted by Crippen LogP contribution is 2.46. The van der Waals surface area contributed by atoms with Crippen LogP contribution >= 0.6 is 11.3 Å². The summed E-state index contributed by atoms with van der Waals surface area (Å²) in [6.45, 7) is 10.6. The molecule has 3 aromatic rings. The van der Waals surface area contributed by atoms with Crippen LogP contribution in [0.15, 0.2) is 18.2 Å². The molecular weight excluding hydrogens is 374 g/mol. The number of rotatable bonds is 6. The fourth-order valence-corrected chi connectivity index (χ4v) is 5.20. The van der Waals surface area contributed by atoms with Crippen LogP contribution in [0.3, 0.4) is 0 Å². The van der Waals surface area contributed by atoms with Gasteiger partial charge >= 0.3 is 5.97 Å². The van der Waals surface area contributed by atoms with Crippen molar-refractivity contribution in [3.63, 3.8) is 0 Å². The van der Waals surface area contributed by atoms with Crippen molar-refractivity contribution in [2.75, 3.05) is 7.11 Å². The molecule has 7 heteroatoms. The first-order valence-electron chi connectivity index (χ1n) is 9.37. The molecule has 1 unspecified atom stereocenters. The van der Waals surface area contributed by atoms with Gasteiger partial charge in [0.25, 0.3) is 0 Å². The summed E-state index contributed by atoms with van der Waals surface area (Å²) in [6, 6.07) is 6.09. The molecule has 1 atom stereocenters. The number of aliphatic hydroxyl groups is 1. The van der Waals surface area contributed by atoms with Crippen LogP contribution in [0.1, 0.15) is 53.1 Å². The zero-order chi connectivity index (χ0) is 20.6. The zero-order valence-electron chi connectivity index (χ0n) is 17.2. The molecule has 0 amide bonds. The Balaban J connectivity index is 2.26. The number of nitrogens with zero attached hydrogens (tertiary/aromatic N) is 3. The van der Waals surface area contributed by atoms with Crippen LogP contribution in [0.2, 0.25) is 0 Å². The summed E-state index contributed by atoms with van der Waals surface area (Å²) in [4.78, 5) is 14.8. The van der Waals surface area contributed by atoms with Crippen molar-refractivity contribution >= 4 is 28.3 Å². The van der Waals surface area contributed by atoms with E-state index in [2.05, 4.69) is 16.4 Å². The quantitative estimate of drug-likeness (QED) is 0.633. The molecule has 150 valence electrons. The molecule has 0 saturated carbocycles. The number of esters is 1. The van der Waals surface area contributed by atoms with Gasteiger partial charge in [0.1, 0.15) is 5.52 Å². The number of carbonyl (C=O) groups is 1. The third kappa shape index (κ3) is 3.22. The highest BCUT2D eigenvalue weighted by Gasteiger charge is 2.42. The van der Waals surface area contributed by atoms with Crippen molar-refractivity contribution in [2.45, 2.75) is 53.7 Å². The number of methoxy groups -OCH3 is 1. The molecule has 0 saturated heterocycles. The van der Waals surface area contributed by atoms with Crippen LogP contribution < -0.4 is 0 Å². The van der Waals surface area contributed by atoms with E-state index in [1.165, 1.54) is 7.11 Å². The van der Waals surface area contributed by atoms with E-state index in [4.69, 9.17) is 4.74 Å². The van der Waals surface area contributed by atoms with Crippen LogP contribution in [0.4, 0.5) is 0 Å². The molecule has 0 fully saturated rings. The third-order valence-corrected chi connectivity index (χ3v) is 6.68. The SMILES string of the molecule is CCn1nnc2c(C)c(C(c3cc(CO)c(C)s3)C(C)(C)C(=O)OC)ccc21. The van der Waals surface area contributed by atoms with E-state index in [9.17, 15) is 9.90 Å². The van der Waals surface area contributed by atoms with E-state index < -0.39 is 5.41 Å². The summed E-state index contributed by atoms with van der Waals surface area (Å²) in [5, 5.41) is 18.3. The zero-order valence-corrected chi connectivity index (χ0v) is 18.1. The molecule has 0 spiro atoms. The molecule has 0 bridgehead atoms. The lowest BCUT2D eigenvalue weighted by molar-refractivity contribution is -0.151. The monoisotopic (exact) mass is 401 g/mol. The lowest BCUT2D eigenvalue weighted by Crippen LogP contribution is -2.33. The second kappa shape index (κ2) is 7.64. The number of benzene rings is 1. The normalized spacial score (nSPS) is 13.1. The highest BCUT2D eigenvalue weighted by atomic mass is 32.1. The number of thiophene rings is 1. The highest BCUT2D eigenvalue weighted by molar-refractivity contribution is 7.12. The molecule has 0 aliphatic rings. The van der Waals surface area contributed by atoms with E-state index in [0.29, 0.717) is 0 Å². The second-order valence-corrected chi connectivity index (χ2v) is 8.88. The maximum Gasteiger partial charge on any atom is 0.312 e. The predicted octanol–water partition coefficient (Wildman–Crippen LogP) is 3.95. The number of ether oxygens (including phenoxy) is 1. The molecule has 3 rings (SSSR count). The fraction of sp³-hybridized carbons (Fsp3) is 0.476. The summed E-state index contributed by atoms with van der Waals surface area (Å²) >= 11 is 1.61. The largest absolute Gasteiger partial charge is 0.469 e. The molecule has 0 aliphatic carbocycles. The molecule has 2 heterocycles. The molecular formula is C21H27N3O3S. The molecule has 0 radical (unpaired) electrons. The molecule has 0 aliphatic heterocycles. The summed E-state index contributed by atoms with van der Waals surface area (Å²) in [5.74, 6) is -0.495. The third-order valence-electron chi connectivity index (χ3n) is 5.52. The summed E-state index contributed by atoms with van der Waals surface area (Å²) in [6.07, 6.45) is 0. The van der Waals surface area contributed by atoms with Gasteiger partial charge < -0.3 is 9.84 Å². The first-order chi connectivity index (χ1) is 13.3. The van der Waals surface area contributed by atoms with Crippen molar-refractivity contribution in [1.82, 2.24) is 15.0 Å². The van der Waals surface area contributed by atoms with Crippen molar-refractivity contribution in [3.8, 4) is 0 Å². The average Bonchev–Trinajstić information content (AvgIpc) is 3.26. The smallest absolute Gasteiger partial charge is 0.312 e. The van der Waals surface area contributed by atoms with Crippen LogP contribution in [-0.4, -0.2) is 33.2 Å². The summed E-state index contributed by atoms with van der Waals surface area (Å²) in [7, 11) is 1.42. The van der Waals surface area contributed by atoms with Crippen molar-refractivity contribution in [1.29, 1.82) is 0 Å². The second-order valence-electron chi connectivity index (χ2n) is 7.59. The Morgan fingerprint density at radius 1 is 1.36 bits per heavy atom.